The second-order valence-electron chi connectivity index (χ2n) is 5.67. The van der Waals surface area contributed by atoms with Crippen molar-refractivity contribution in [3.8, 4) is 0 Å². The molecule has 1 saturated carbocycles. The van der Waals surface area contributed by atoms with Crippen molar-refractivity contribution >= 4 is 17.5 Å². The summed E-state index contributed by atoms with van der Waals surface area (Å²) in [5.74, 6) is -0.996. The van der Waals surface area contributed by atoms with Crippen LogP contribution in [-0.2, 0) is 12.4 Å². The summed E-state index contributed by atoms with van der Waals surface area (Å²) in [5.41, 5.74) is -3.73. The Bertz CT molecular complexity index is 581. The van der Waals surface area contributed by atoms with Gasteiger partial charge in [0.2, 0.25) is 0 Å². The summed E-state index contributed by atoms with van der Waals surface area (Å²) in [6.45, 7) is 0. The van der Waals surface area contributed by atoms with Crippen LogP contribution in [0.5, 0.6) is 0 Å². The molecule has 9 heteroatoms. The molecule has 2 nitrogen and oxygen atoms in total. The number of halogens is 7. The Morgan fingerprint density at radius 1 is 0.958 bits per heavy atom. The Labute approximate surface area is 139 Å². The van der Waals surface area contributed by atoms with Gasteiger partial charge in [0.1, 0.15) is 0 Å². The molecule has 1 aromatic carbocycles. The van der Waals surface area contributed by atoms with Crippen molar-refractivity contribution in [2.75, 3.05) is 0 Å². The van der Waals surface area contributed by atoms with Crippen LogP contribution in [0.4, 0.5) is 26.3 Å². The normalized spacial score (nSPS) is 22.3. The molecule has 0 saturated heterocycles. The fourth-order valence-electron chi connectivity index (χ4n) is 2.59. The highest BCUT2D eigenvalue weighted by Gasteiger charge is 2.37. The average molecular weight is 374 g/mol. The molecule has 0 aliphatic heterocycles. The second kappa shape index (κ2) is 6.82. The molecule has 1 unspecified atom stereocenters. The van der Waals surface area contributed by atoms with Gasteiger partial charge >= 0.3 is 12.4 Å². The van der Waals surface area contributed by atoms with Crippen molar-refractivity contribution < 1.29 is 31.1 Å². The van der Waals surface area contributed by atoms with Gasteiger partial charge in [-0.25, -0.2) is 0 Å². The minimum atomic E-state index is -4.99. The van der Waals surface area contributed by atoms with Gasteiger partial charge in [0.15, 0.2) is 0 Å². The Kier molecular flexibility index (Phi) is 5.37. The van der Waals surface area contributed by atoms with Crippen LogP contribution in [0, 0.1) is 0 Å². The molecule has 0 radical (unpaired) electrons. The lowest BCUT2D eigenvalue weighted by Crippen LogP contribution is -2.42. The molecule has 0 spiro atoms. The molecular weight excluding hydrogens is 360 g/mol. The van der Waals surface area contributed by atoms with E-state index in [1.54, 1.807) is 0 Å². The average Bonchev–Trinajstić information content (AvgIpc) is 2.47. The molecule has 1 N–H and O–H groups in total. The summed E-state index contributed by atoms with van der Waals surface area (Å²) < 4.78 is 76.8. The van der Waals surface area contributed by atoms with Gasteiger partial charge in [0, 0.05) is 11.6 Å². The van der Waals surface area contributed by atoms with Crippen LogP contribution in [0.1, 0.15) is 47.2 Å². The third-order valence-electron chi connectivity index (χ3n) is 3.85. The Morgan fingerprint density at radius 2 is 1.46 bits per heavy atom. The molecule has 2 atom stereocenters. The van der Waals surface area contributed by atoms with E-state index in [0.717, 1.165) is 12.8 Å². The molecule has 24 heavy (non-hydrogen) atoms. The number of hydrogen-bond donors (Lipinski definition) is 1. The fourth-order valence-corrected chi connectivity index (χ4v) is 2.93. The molecule has 0 aromatic heterocycles. The molecule has 0 heterocycles. The number of alkyl halides is 7. The summed E-state index contributed by atoms with van der Waals surface area (Å²) in [7, 11) is 0. The molecule has 1 aliphatic carbocycles. The van der Waals surface area contributed by atoms with E-state index in [4.69, 9.17) is 11.6 Å². The Morgan fingerprint density at radius 3 is 1.92 bits per heavy atom. The van der Waals surface area contributed by atoms with Gasteiger partial charge in [0.25, 0.3) is 5.91 Å². The molecule has 1 fully saturated rings. The fraction of sp³-hybridized carbons (Fsp3) is 0.533. The standard InChI is InChI=1S/C15H14ClF6NO/c16-11-3-1-2-4-12(11)23-13(24)8-5-9(14(17,18)19)7-10(6-8)15(20,21)22/h5-7,11-12H,1-4H2,(H,23,24)/t11?,12-/m0/s1. The number of carbonyl (C=O) groups is 1. The lowest BCUT2D eigenvalue weighted by molar-refractivity contribution is -0.143. The largest absolute Gasteiger partial charge is 0.416 e. The predicted octanol–water partition coefficient (Wildman–Crippen LogP) is 5.00. The number of benzene rings is 1. The van der Waals surface area contributed by atoms with Crippen molar-refractivity contribution in [3.05, 3.63) is 34.9 Å². The van der Waals surface area contributed by atoms with Gasteiger partial charge in [-0.05, 0) is 31.0 Å². The molecule has 1 amide bonds. The summed E-state index contributed by atoms with van der Waals surface area (Å²) >= 11 is 6.05. The maximum Gasteiger partial charge on any atom is 0.416 e. The van der Waals surface area contributed by atoms with E-state index in [1.807, 2.05) is 0 Å². The third kappa shape index (κ3) is 4.55. The highest BCUT2D eigenvalue weighted by atomic mass is 35.5. The molecular formula is C15H14ClF6NO. The van der Waals surface area contributed by atoms with Crippen LogP contribution < -0.4 is 5.32 Å². The predicted molar refractivity (Wildman–Crippen MR) is 75.8 cm³/mol. The summed E-state index contributed by atoms with van der Waals surface area (Å²) in [4.78, 5) is 12.1. The van der Waals surface area contributed by atoms with Crippen LogP contribution in [0.3, 0.4) is 0 Å². The lowest BCUT2D eigenvalue weighted by Gasteiger charge is -2.28. The monoisotopic (exact) mass is 373 g/mol. The van der Waals surface area contributed by atoms with Crippen LogP contribution in [0.2, 0.25) is 0 Å². The quantitative estimate of drug-likeness (QED) is 0.573. The van der Waals surface area contributed by atoms with Gasteiger partial charge in [-0.3, -0.25) is 4.79 Å². The Balaban J connectivity index is 2.32. The summed E-state index contributed by atoms with van der Waals surface area (Å²) in [6, 6.07) is 0.339. The highest BCUT2D eigenvalue weighted by Crippen LogP contribution is 2.36. The van der Waals surface area contributed by atoms with Crippen LogP contribution >= 0.6 is 11.6 Å². The van der Waals surface area contributed by atoms with Gasteiger partial charge in [0.05, 0.1) is 16.5 Å². The van der Waals surface area contributed by atoms with Crippen LogP contribution in [0.25, 0.3) is 0 Å². The van der Waals surface area contributed by atoms with Crippen molar-refractivity contribution in [1.82, 2.24) is 5.32 Å². The first kappa shape index (κ1) is 18.9. The summed E-state index contributed by atoms with van der Waals surface area (Å²) in [6.07, 6.45) is -7.17. The minimum absolute atomic E-state index is 0.0122. The number of nitrogens with one attached hydrogen (secondary N) is 1. The van der Waals surface area contributed by atoms with E-state index >= 15 is 0 Å². The zero-order valence-corrected chi connectivity index (χ0v) is 13.0. The molecule has 1 aromatic rings. The highest BCUT2D eigenvalue weighted by molar-refractivity contribution is 6.21. The van der Waals surface area contributed by atoms with Crippen molar-refractivity contribution in [2.24, 2.45) is 0 Å². The van der Waals surface area contributed by atoms with Crippen molar-refractivity contribution in [1.29, 1.82) is 0 Å². The van der Waals surface area contributed by atoms with Gasteiger partial charge in [-0.1, -0.05) is 12.8 Å². The van der Waals surface area contributed by atoms with E-state index in [-0.39, 0.29) is 6.07 Å². The first-order valence-electron chi connectivity index (χ1n) is 7.23. The van der Waals surface area contributed by atoms with E-state index in [9.17, 15) is 31.1 Å². The SMILES string of the molecule is O=C(N[C@H]1CCCCC1Cl)c1cc(C(F)(F)F)cc(C(F)(F)F)c1. The minimum Gasteiger partial charge on any atom is -0.348 e. The van der Waals surface area contributed by atoms with Crippen molar-refractivity contribution in [3.63, 3.8) is 0 Å². The maximum atomic E-state index is 12.8. The van der Waals surface area contributed by atoms with E-state index in [1.165, 1.54) is 0 Å². The third-order valence-corrected chi connectivity index (χ3v) is 4.37. The first-order chi connectivity index (χ1) is 11.0. The van der Waals surface area contributed by atoms with Gasteiger partial charge in [-0.15, -0.1) is 11.6 Å². The van der Waals surface area contributed by atoms with E-state index in [2.05, 4.69) is 5.32 Å². The van der Waals surface area contributed by atoms with Gasteiger partial charge in [-0.2, -0.15) is 26.3 Å². The zero-order chi connectivity index (χ0) is 18.1. The Hall–Kier alpha value is -1.44. The molecule has 134 valence electrons. The first-order valence-corrected chi connectivity index (χ1v) is 7.66. The number of carbonyl (C=O) groups excluding carboxylic acids is 1. The number of hydrogen-bond acceptors (Lipinski definition) is 1. The van der Waals surface area contributed by atoms with Crippen molar-refractivity contribution in [2.45, 2.75) is 49.5 Å². The summed E-state index contributed by atoms with van der Waals surface area (Å²) in [5, 5.41) is 2.04. The number of amides is 1. The van der Waals surface area contributed by atoms with Gasteiger partial charge < -0.3 is 5.32 Å². The second-order valence-corrected chi connectivity index (χ2v) is 6.24. The van der Waals surface area contributed by atoms with E-state index in [0.29, 0.717) is 25.0 Å². The lowest BCUT2D eigenvalue weighted by atomic mass is 9.94. The number of rotatable bonds is 2. The van der Waals surface area contributed by atoms with E-state index < -0.39 is 46.4 Å². The molecule has 2 rings (SSSR count). The topological polar surface area (TPSA) is 29.1 Å². The molecule has 0 bridgehead atoms. The zero-order valence-electron chi connectivity index (χ0n) is 12.3. The van der Waals surface area contributed by atoms with Crippen LogP contribution in [-0.4, -0.2) is 17.3 Å². The smallest absolute Gasteiger partial charge is 0.348 e. The maximum absolute atomic E-state index is 12.8. The molecule has 1 aliphatic rings. The van der Waals surface area contributed by atoms with Crippen LogP contribution in [0.15, 0.2) is 18.2 Å².